The van der Waals surface area contributed by atoms with Crippen molar-refractivity contribution in [1.29, 1.82) is 0 Å². The molecule has 0 spiro atoms. The van der Waals surface area contributed by atoms with Crippen LogP contribution in [0.5, 0.6) is 0 Å². The SMILES string of the molecule is Cc1nn(C(C)(C)C)c2nc(C3CC3)cc(C(=O)NC3CCNC(C)C3)c12. The molecular formula is C21H31N5O. The van der Waals surface area contributed by atoms with Crippen LogP contribution in [0.15, 0.2) is 6.07 Å². The molecule has 2 aromatic heterocycles. The topological polar surface area (TPSA) is 71.8 Å². The third-order valence-corrected chi connectivity index (χ3v) is 5.67. The smallest absolute Gasteiger partial charge is 0.252 e. The lowest BCUT2D eigenvalue weighted by Gasteiger charge is -2.28. The zero-order valence-corrected chi connectivity index (χ0v) is 17.1. The molecule has 6 heteroatoms. The minimum atomic E-state index is -0.181. The van der Waals surface area contributed by atoms with E-state index in [9.17, 15) is 4.79 Å². The summed E-state index contributed by atoms with van der Waals surface area (Å²) >= 11 is 0. The maximum absolute atomic E-state index is 13.2. The summed E-state index contributed by atoms with van der Waals surface area (Å²) in [5.74, 6) is 0.503. The Kier molecular flexibility index (Phi) is 4.49. The van der Waals surface area contributed by atoms with Crippen molar-refractivity contribution >= 4 is 16.9 Å². The van der Waals surface area contributed by atoms with Gasteiger partial charge in [0.2, 0.25) is 0 Å². The maximum Gasteiger partial charge on any atom is 0.252 e. The Morgan fingerprint density at radius 2 is 2.04 bits per heavy atom. The van der Waals surface area contributed by atoms with Gasteiger partial charge in [-0.1, -0.05) is 0 Å². The molecule has 3 heterocycles. The summed E-state index contributed by atoms with van der Waals surface area (Å²) < 4.78 is 1.98. The highest BCUT2D eigenvalue weighted by molar-refractivity contribution is 6.06. The van der Waals surface area contributed by atoms with Crippen LogP contribution in [0, 0.1) is 6.92 Å². The largest absolute Gasteiger partial charge is 0.349 e. The maximum atomic E-state index is 13.2. The summed E-state index contributed by atoms with van der Waals surface area (Å²) in [6.07, 6.45) is 4.26. The molecule has 0 aromatic carbocycles. The lowest BCUT2D eigenvalue weighted by Crippen LogP contribution is -2.46. The van der Waals surface area contributed by atoms with Crippen LogP contribution in [0.1, 0.15) is 81.0 Å². The molecule has 0 radical (unpaired) electrons. The fourth-order valence-electron chi connectivity index (χ4n) is 4.07. The first-order valence-electron chi connectivity index (χ1n) is 10.2. The number of fused-ring (bicyclic) bond motifs is 1. The number of carbonyl (C=O) groups excluding carboxylic acids is 1. The Hall–Kier alpha value is -1.95. The molecule has 2 unspecified atom stereocenters. The molecule has 1 aliphatic heterocycles. The average molecular weight is 370 g/mol. The van der Waals surface area contributed by atoms with Crippen LogP contribution in [0.2, 0.25) is 0 Å². The van der Waals surface area contributed by atoms with Crippen molar-refractivity contribution in [2.75, 3.05) is 6.54 Å². The molecule has 2 aliphatic rings. The van der Waals surface area contributed by atoms with E-state index in [1.165, 1.54) is 0 Å². The van der Waals surface area contributed by atoms with Gasteiger partial charge in [-0.2, -0.15) is 5.10 Å². The number of piperidine rings is 1. The van der Waals surface area contributed by atoms with E-state index in [1.807, 2.05) is 17.7 Å². The summed E-state index contributed by atoms with van der Waals surface area (Å²) in [5, 5.41) is 12.4. The first-order chi connectivity index (χ1) is 12.7. The lowest BCUT2D eigenvalue weighted by molar-refractivity contribution is 0.0927. The lowest BCUT2D eigenvalue weighted by atomic mass is 9.99. The predicted octanol–water partition coefficient (Wildman–Crippen LogP) is 3.24. The van der Waals surface area contributed by atoms with Crippen molar-refractivity contribution in [3.63, 3.8) is 0 Å². The summed E-state index contributed by atoms with van der Waals surface area (Å²) in [4.78, 5) is 18.2. The van der Waals surface area contributed by atoms with E-state index in [2.05, 4.69) is 38.3 Å². The van der Waals surface area contributed by atoms with Gasteiger partial charge in [0.1, 0.15) is 0 Å². The molecular weight excluding hydrogens is 338 g/mol. The Bertz CT molecular complexity index is 875. The van der Waals surface area contributed by atoms with Crippen molar-refractivity contribution in [2.45, 2.75) is 83.8 Å². The highest BCUT2D eigenvalue weighted by atomic mass is 16.1. The number of aromatic nitrogens is 3. The number of amides is 1. The Labute approximate surface area is 161 Å². The van der Waals surface area contributed by atoms with E-state index >= 15 is 0 Å². The highest BCUT2D eigenvalue weighted by Gasteiger charge is 2.31. The van der Waals surface area contributed by atoms with Crippen molar-refractivity contribution in [1.82, 2.24) is 25.4 Å². The third kappa shape index (κ3) is 3.59. The van der Waals surface area contributed by atoms with E-state index in [-0.39, 0.29) is 17.5 Å². The van der Waals surface area contributed by atoms with E-state index in [1.54, 1.807) is 0 Å². The van der Waals surface area contributed by atoms with Crippen LogP contribution in [-0.4, -0.2) is 39.3 Å². The number of rotatable bonds is 3. The molecule has 1 amide bonds. The van der Waals surface area contributed by atoms with E-state index in [0.29, 0.717) is 12.0 Å². The zero-order chi connectivity index (χ0) is 19.3. The Morgan fingerprint density at radius 3 is 2.67 bits per heavy atom. The van der Waals surface area contributed by atoms with Gasteiger partial charge in [-0.3, -0.25) is 4.79 Å². The van der Waals surface area contributed by atoms with Crippen LogP contribution >= 0.6 is 0 Å². The van der Waals surface area contributed by atoms with Gasteiger partial charge < -0.3 is 10.6 Å². The molecule has 4 rings (SSSR count). The quantitative estimate of drug-likeness (QED) is 0.871. The fraction of sp³-hybridized carbons (Fsp3) is 0.667. The second-order valence-electron chi connectivity index (χ2n) is 9.29. The highest BCUT2D eigenvalue weighted by Crippen LogP contribution is 2.41. The number of nitrogens with zero attached hydrogens (tertiary/aromatic N) is 3. The van der Waals surface area contributed by atoms with Crippen molar-refractivity contribution in [3.05, 3.63) is 23.0 Å². The van der Waals surface area contributed by atoms with E-state index in [4.69, 9.17) is 10.1 Å². The fourth-order valence-corrected chi connectivity index (χ4v) is 4.07. The molecule has 0 bridgehead atoms. The van der Waals surface area contributed by atoms with Crippen molar-refractivity contribution in [3.8, 4) is 0 Å². The number of hydrogen-bond donors (Lipinski definition) is 2. The molecule has 6 nitrogen and oxygen atoms in total. The van der Waals surface area contributed by atoms with Gasteiger partial charge in [0.25, 0.3) is 5.91 Å². The second kappa shape index (κ2) is 6.59. The van der Waals surface area contributed by atoms with Crippen LogP contribution in [-0.2, 0) is 5.54 Å². The predicted molar refractivity (Wildman–Crippen MR) is 107 cm³/mol. The van der Waals surface area contributed by atoms with Crippen LogP contribution in [0.4, 0.5) is 0 Å². The van der Waals surface area contributed by atoms with Gasteiger partial charge in [-0.15, -0.1) is 0 Å². The standard InChI is InChI=1S/C21H31N5O/c1-12-10-15(8-9-22-12)23-20(27)16-11-17(14-6-7-14)24-19-18(16)13(2)25-26(19)21(3,4)5/h11-12,14-15,22H,6-10H2,1-5H3,(H,23,27). The molecule has 2 fully saturated rings. The van der Waals surface area contributed by atoms with E-state index in [0.717, 1.165) is 60.2 Å². The van der Waals surface area contributed by atoms with Crippen LogP contribution < -0.4 is 10.6 Å². The van der Waals surface area contributed by atoms with E-state index < -0.39 is 0 Å². The number of aryl methyl sites for hydroxylation is 1. The number of pyridine rings is 1. The van der Waals surface area contributed by atoms with Crippen LogP contribution in [0.3, 0.4) is 0 Å². The number of nitrogens with one attached hydrogen (secondary N) is 2. The minimum Gasteiger partial charge on any atom is -0.349 e. The third-order valence-electron chi connectivity index (χ3n) is 5.67. The summed E-state index contributed by atoms with van der Waals surface area (Å²) in [6, 6.07) is 2.68. The van der Waals surface area contributed by atoms with Gasteiger partial charge in [-0.25, -0.2) is 9.67 Å². The van der Waals surface area contributed by atoms with Gasteiger partial charge in [0.15, 0.2) is 5.65 Å². The molecule has 1 saturated heterocycles. The van der Waals surface area contributed by atoms with Gasteiger partial charge in [0, 0.05) is 23.7 Å². The zero-order valence-electron chi connectivity index (χ0n) is 17.1. The minimum absolute atomic E-state index is 0.0139. The summed E-state index contributed by atoms with van der Waals surface area (Å²) in [5.41, 5.74) is 3.31. The monoisotopic (exact) mass is 369 g/mol. The molecule has 146 valence electrons. The normalized spacial score (nSPS) is 23.6. The summed E-state index contributed by atoms with van der Waals surface area (Å²) in [7, 11) is 0. The first-order valence-corrected chi connectivity index (χ1v) is 10.2. The van der Waals surface area contributed by atoms with Gasteiger partial charge in [0.05, 0.1) is 22.2 Å². The van der Waals surface area contributed by atoms with Gasteiger partial charge in [-0.05, 0) is 72.9 Å². The summed E-state index contributed by atoms with van der Waals surface area (Å²) in [6.45, 7) is 11.5. The molecule has 2 N–H and O–H groups in total. The second-order valence-corrected chi connectivity index (χ2v) is 9.29. The van der Waals surface area contributed by atoms with Crippen molar-refractivity contribution in [2.24, 2.45) is 0 Å². The van der Waals surface area contributed by atoms with Gasteiger partial charge >= 0.3 is 0 Å². The number of carbonyl (C=O) groups is 1. The molecule has 2 atom stereocenters. The van der Waals surface area contributed by atoms with Crippen LogP contribution in [0.25, 0.3) is 11.0 Å². The Morgan fingerprint density at radius 1 is 1.30 bits per heavy atom. The Balaban J connectivity index is 1.76. The molecule has 2 aromatic rings. The molecule has 1 saturated carbocycles. The molecule has 1 aliphatic carbocycles. The average Bonchev–Trinajstić information content (AvgIpc) is 3.37. The van der Waals surface area contributed by atoms with Crippen molar-refractivity contribution < 1.29 is 4.79 Å². The first kappa shape index (κ1) is 18.4. The number of hydrogen-bond acceptors (Lipinski definition) is 4. The molecule has 27 heavy (non-hydrogen) atoms.